The number of nitrogens with one attached hydrogen (secondary N) is 2. The maximum atomic E-state index is 6.05. The van der Waals surface area contributed by atoms with Crippen LogP contribution < -0.4 is 29.6 Å². The molecule has 0 atom stereocenters. The summed E-state index contributed by atoms with van der Waals surface area (Å²) in [5.74, 6) is 3.19. The fourth-order valence-corrected chi connectivity index (χ4v) is 4.49. The van der Waals surface area contributed by atoms with E-state index in [-0.39, 0.29) is 0 Å². The summed E-state index contributed by atoms with van der Waals surface area (Å²) >= 11 is 0. The Balaban J connectivity index is 1.23. The van der Waals surface area contributed by atoms with Crippen molar-refractivity contribution in [3.8, 4) is 23.0 Å². The van der Waals surface area contributed by atoms with Crippen molar-refractivity contribution in [2.24, 2.45) is 0 Å². The minimum atomic E-state index is 0.429. The van der Waals surface area contributed by atoms with Gasteiger partial charge >= 0.3 is 0 Å². The van der Waals surface area contributed by atoms with E-state index >= 15 is 0 Å². The van der Waals surface area contributed by atoms with Crippen molar-refractivity contribution in [2.45, 2.75) is 13.1 Å². The average molecular weight is 571 g/mol. The minimum Gasteiger partial charge on any atom is -0.491 e. The number of hydrogen-bond acceptors (Lipinski definition) is 8. The molecule has 5 rings (SSSR count). The first-order valence-corrected chi connectivity index (χ1v) is 14.3. The summed E-state index contributed by atoms with van der Waals surface area (Å²) in [4.78, 5) is 0. The molecule has 8 nitrogen and oxygen atoms in total. The molecule has 42 heavy (non-hydrogen) atoms. The van der Waals surface area contributed by atoms with Gasteiger partial charge in [-0.25, -0.2) is 0 Å². The van der Waals surface area contributed by atoms with Gasteiger partial charge in [-0.1, -0.05) is 60.7 Å². The SMILES string of the molecule is c1ccc2c(c1)CNc1ccccc1OCCOCCOc1ccccc1NCc1ccccc1OCCOCCO2. The summed E-state index contributed by atoms with van der Waals surface area (Å²) in [7, 11) is 0. The Labute approximate surface area is 247 Å². The average Bonchev–Trinajstić information content (AvgIpc) is 3.03. The standard InChI is InChI=1S/C34H38N2O6/c1-5-13-31-27(9-1)25-35-29-11-3-7-15-33(29)41-23-19-38-20-24-42-34-16-8-4-12-30(34)36-26-28-10-2-6-14-32(28)40-22-18-37-17-21-39-31/h1-16,35-36H,17-26H2. The van der Waals surface area contributed by atoms with Gasteiger partial charge in [0.15, 0.2) is 0 Å². The van der Waals surface area contributed by atoms with Gasteiger partial charge in [-0.15, -0.1) is 0 Å². The predicted octanol–water partition coefficient (Wildman–Crippen LogP) is 6.17. The number of rotatable bonds is 0. The fourth-order valence-electron chi connectivity index (χ4n) is 4.49. The normalized spacial score (nSPS) is 15.6. The molecule has 2 N–H and O–H groups in total. The molecule has 220 valence electrons. The monoisotopic (exact) mass is 570 g/mol. The van der Waals surface area contributed by atoms with Crippen LogP contribution in [0.3, 0.4) is 0 Å². The van der Waals surface area contributed by atoms with Gasteiger partial charge in [-0.3, -0.25) is 0 Å². The zero-order valence-corrected chi connectivity index (χ0v) is 23.8. The van der Waals surface area contributed by atoms with Crippen LogP contribution in [0, 0.1) is 0 Å². The highest BCUT2D eigenvalue weighted by atomic mass is 16.6. The molecule has 0 spiro atoms. The van der Waals surface area contributed by atoms with Crippen LogP contribution in [0.25, 0.3) is 0 Å². The first kappa shape index (κ1) is 29.1. The number of fused-ring (bicyclic) bond motifs is 4. The number of para-hydroxylation sites is 6. The molecular weight excluding hydrogens is 532 g/mol. The van der Waals surface area contributed by atoms with Gasteiger partial charge in [0.2, 0.25) is 0 Å². The molecule has 0 radical (unpaired) electrons. The molecule has 0 fully saturated rings. The second-order valence-electron chi connectivity index (χ2n) is 9.53. The molecule has 4 aromatic carbocycles. The summed E-state index contributed by atoms with van der Waals surface area (Å²) < 4.78 is 35.7. The third-order valence-electron chi connectivity index (χ3n) is 6.60. The van der Waals surface area contributed by atoms with Crippen molar-refractivity contribution in [2.75, 3.05) is 63.5 Å². The molecule has 0 amide bonds. The Bertz CT molecular complexity index is 1170. The van der Waals surface area contributed by atoms with E-state index in [1.807, 2.05) is 84.9 Å². The topological polar surface area (TPSA) is 79.4 Å². The molecule has 1 aliphatic rings. The van der Waals surface area contributed by atoms with Crippen molar-refractivity contribution in [1.82, 2.24) is 0 Å². The van der Waals surface area contributed by atoms with Crippen LogP contribution in [-0.4, -0.2) is 52.9 Å². The smallest absolute Gasteiger partial charge is 0.142 e. The number of anilines is 2. The van der Waals surface area contributed by atoms with Crippen LogP contribution in [0.5, 0.6) is 23.0 Å². The van der Waals surface area contributed by atoms with Gasteiger partial charge in [-0.2, -0.15) is 0 Å². The maximum absolute atomic E-state index is 6.05. The van der Waals surface area contributed by atoms with Crippen molar-refractivity contribution in [3.05, 3.63) is 108 Å². The van der Waals surface area contributed by atoms with Crippen molar-refractivity contribution in [1.29, 1.82) is 0 Å². The van der Waals surface area contributed by atoms with Crippen LogP contribution in [0.1, 0.15) is 11.1 Å². The Kier molecular flexibility index (Phi) is 11.2. The Morgan fingerprint density at radius 2 is 0.690 bits per heavy atom. The highest BCUT2D eigenvalue weighted by Crippen LogP contribution is 2.27. The van der Waals surface area contributed by atoms with Crippen molar-refractivity contribution in [3.63, 3.8) is 0 Å². The van der Waals surface area contributed by atoms with Gasteiger partial charge in [0.25, 0.3) is 0 Å². The lowest BCUT2D eigenvalue weighted by molar-refractivity contribution is 0.0759. The summed E-state index contributed by atoms with van der Waals surface area (Å²) in [6.45, 7) is 4.75. The second-order valence-corrected chi connectivity index (χ2v) is 9.53. The molecule has 0 bridgehead atoms. The lowest BCUT2D eigenvalue weighted by Gasteiger charge is -2.17. The predicted molar refractivity (Wildman–Crippen MR) is 164 cm³/mol. The first-order chi connectivity index (χ1) is 20.9. The number of hydrogen-bond donors (Lipinski definition) is 2. The van der Waals surface area contributed by atoms with Crippen molar-refractivity contribution < 1.29 is 28.4 Å². The quantitative estimate of drug-likeness (QED) is 0.260. The van der Waals surface area contributed by atoms with E-state index in [2.05, 4.69) is 22.8 Å². The van der Waals surface area contributed by atoms with E-state index < -0.39 is 0 Å². The Hall–Kier alpha value is -4.40. The van der Waals surface area contributed by atoms with Gasteiger partial charge in [-0.05, 0) is 36.4 Å². The van der Waals surface area contributed by atoms with Gasteiger partial charge in [0.1, 0.15) is 49.4 Å². The molecule has 0 saturated carbocycles. The lowest BCUT2D eigenvalue weighted by atomic mass is 10.2. The highest BCUT2D eigenvalue weighted by molar-refractivity contribution is 5.57. The zero-order chi connectivity index (χ0) is 28.7. The van der Waals surface area contributed by atoms with Crippen LogP contribution in [0.2, 0.25) is 0 Å². The summed E-state index contributed by atoms with van der Waals surface area (Å²) in [6, 6.07) is 31.8. The molecule has 1 aliphatic heterocycles. The molecule has 8 heteroatoms. The number of ether oxygens (including phenoxy) is 6. The van der Waals surface area contributed by atoms with Crippen molar-refractivity contribution >= 4 is 11.4 Å². The minimum absolute atomic E-state index is 0.429. The third-order valence-corrected chi connectivity index (χ3v) is 6.60. The third kappa shape index (κ3) is 8.80. The van der Waals surface area contributed by atoms with E-state index in [1.165, 1.54) is 0 Å². The Morgan fingerprint density at radius 1 is 0.357 bits per heavy atom. The van der Waals surface area contributed by atoms with E-state index in [9.17, 15) is 0 Å². The van der Waals surface area contributed by atoms with Crippen LogP contribution >= 0.6 is 0 Å². The van der Waals surface area contributed by atoms with E-state index in [0.717, 1.165) is 45.5 Å². The summed E-state index contributed by atoms with van der Waals surface area (Å²) in [5, 5.41) is 6.96. The van der Waals surface area contributed by atoms with Gasteiger partial charge in [0, 0.05) is 24.2 Å². The fraction of sp³-hybridized carbons (Fsp3) is 0.294. The van der Waals surface area contributed by atoms with E-state index in [0.29, 0.717) is 65.9 Å². The second kappa shape index (κ2) is 16.1. The highest BCUT2D eigenvalue weighted by Gasteiger charge is 2.09. The van der Waals surface area contributed by atoms with Gasteiger partial charge < -0.3 is 39.1 Å². The molecule has 0 unspecified atom stereocenters. The van der Waals surface area contributed by atoms with Crippen LogP contribution in [0.4, 0.5) is 11.4 Å². The maximum Gasteiger partial charge on any atom is 0.142 e. The largest absolute Gasteiger partial charge is 0.491 e. The first-order valence-electron chi connectivity index (χ1n) is 14.3. The zero-order valence-electron chi connectivity index (χ0n) is 23.8. The van der Waals surface area contributed by atoms with Gasteiger partial charge in [0.05, 0.1) is 37.8 Å². The van der Waals surface area contributed by atoms with Crippen LogP contribution in [0.15, 0.2) is 97.1 Å². The molecular formula is C34H38N2O6. The summed E-state index contributed by atoms with van der Waals surface area (Å²) in [5.41, 5.74) is 3.91. The van der Waals surface area contributed by atoms with E-state index in [1.54, 1.807) is 0 Å². The number of benzene rings is 4. The molecule has 0 aromatic heterocycles. The molecule has 1 heterocycles. The molecule has 0 aliphatic carbocycles. The van der Waals surface area contributed by atoms with E-state index in [4.69, 9.17) is 28.4 Å². The lowest BCUT2D eigenvalue weighted by Crippen LogP contribution is -2.14. The molecule has 4 aromatic rings. The summed E-state index contributed by atoms with van der Waals surface area (Å²) in [6.07, 6.45) is 0. The Morgan fingerprint density at radius 3 is 1.12 bits per heavy atom. The molecule has 0 saturated heterocycles. The van der Waals surface area contributed by atoms with Crippen LogP contribution in [-0.2, 0) is 22.6 Å².